The predicted molar refractivity (Wildman–Crippen MR) is 93.9 cm³/mol. The van der Waals surface area contributed by atoms with Gasteiger partial charge >= 0.3 is 13.1 Å². The third-order valence-electron chi connectivity index (χ3n) is 4.44. The van der Waals surface area contributed by atoms with E-state index in [9.17, 15) is 4.79 Å². The quantitative estimate of drug-likeness (QED) is 0.422. The molecule has 1 aliphatic heterocycles. The van der Waals surface area contributed by atoms with Crippen molar-refractivity contribution in [2.75, 3.05) is 6.61 Å². The van der Waals surface area contributed by atoms with E-state index in [-0.39, 0.29) is 36.1 Å². The molecule has 0 aromatic carbocycles. The Morgan fingerprint density at radius 2 is 1.65 bits per heavy atom. The molecule has 1 atom stereocenters. The molecule has 1 rings (SSSR count). The van der Waals surface area contributed by atoms with Gasteiger partial charge in [-0.25, -0.2) is 0 Å². The Morgan fingerprint density at radius 3 is 2.09 bits per heavy atom. The van der Waals surface area contributed by atoms with Gasteiger partial charge in [0, 0.05) is 5.92 Å². The van der Waals surface area contributed by atoms with Crippen molar-refractivity contribution in [1.29, 1.82) is 0 Å². The van der Waals surface area contributed by atoms with E-state index in [0.29, 0.717) is 6.61 Å². The largest absolute Gasteiger partial charge is 0.494 e. The van der Waals surface area contributed by atoms with E-state index in [0.717, 1.165) is 5.47 Å². The van der Waals surface area contributed by atoms with Crippen molar-refractivity contribution in [3.8, 4) is 0 Å². The van der Waals surface area contributed by atoms with Crippen LogP contribution in [0.1, 0.15) is 55.4 Å². The van der Waals surface area contributed by atoms with E-state index in [1.165, 1.54) is 0 Å². The molecule has 0 amide bonds. The first-order chi connectivity index (χ1) is 10.5. The first-order valence-electron chi connectivity index (χ1n) is 8.37. The lowest BCUT2D eigenvalue weighted by Gasteiger charge is -2.32. The number of allylic oxidation sites excluding steroid dienone is 3. The minimum Gasteiger partial charge on any atom is -0.465 e. The highest BCUT2D eigenvalue weighted by Gasteiger charge is 2.51. The first kappa shape index (κ1) is 20.0. The van der Waals surface area contributed by atoms with Crippen LogP contribution in [0.2, 0.25) is 0 Å². The summed E-state index contributed by atoms with van der Waals surface area (Å²) in [5, 5.41) is 0. The summed E-state index contributed by atoms with van der Waals surface area (Å²) < 4.78 is 17.4. The zero-order chi connectivity index (χ0) is 17.8. The van der Waals surface area contributed by atoms with Gasteiger partial charge in [-0.1, -0.05) is 39.0 Å². The van der Waals surface area contributed by atoms with Crippen molar-refractivity contribution < 1.29 is 18.8 Å². The summed E-state index contributed by atoms with van der Waals surface area (Å²) in [4.78, 5) is 11.5. The van der Waals surface area contributed by atoms with Crippen molar-refractivity contribution in [2.45, 2.75) is 66.6 Å². The molecule has 1 saturated heterocycles. The second kappa shape index (κ2) is 7.67. The van der Waals surface area contributed by atoms with Crippen molar-refractivity contribution in [1.82, 2.24) is 0 Å². The molecule has 5 heteroatoms. The SMILES string of the molecule is C/C=C(\C=C/C(C)COC(=O)C(C)C)B1OC(C)(C)C(C)(C)O1. The third-order valence-corrected chi connectivity index (χ3v) is 4.44. The zero-order valence-corrected chi connectivity index (χ0v) is 15.8. The van der Waals surface area contributed by atoms with E-state index in [4.69, 9.17) is 14.0 Å². The number of rotatable bonds is 6. The minimum absolute atomic E-state index is 0.0953. The minimum atomic E-state index is -0.369. The molecule has 0 aromatic heterocycles. The summed E-state index contributed by atoms with van der Waals surface area (Å²) in [7, 11) is -0.369. The fraction of sp³-hybridized carbons (Fsp3) is 0.722. The second-order valence-corrected chi connectivity index (χ2v) is 7.50. The van der Waals surface area contributed by atoms with E-state index in [1.807, 2.05) is 73.6 Å². The molecule has 0 saturated carbocycles. The van der Waals surface area contributed by atoms with Gasteiger partial charge in [0.15, 0.2) is 0 Å². The number of carbonyl (C=O) groups is 1. The van der Waals surface area contributed by atoms with Gasteiger partial charge in [-0.3, -0.25) is 4.79 Å². The number of hydrogen-bond donors (Lipinski definition) is 0. The standard InChI is InChI=1S/C18H31BO4/c1-9-15(19-22-17(5,6)18(7,8)23-19)11-10-14(4)12-21-16(20)13(2)3/h9-11,13-14H,12H2,1-8H3/b11-10-,15-9+. The molecule has 0 radical (unpaired) electrons. The van der Waals surface area contributed by atoms with Crippen molar-refractivity contribution in [2.24, 2.45) is 11.8 Å². The molecule has 0 aliphatic carbocycles. The molecule has 1 fully saturated rings. The van der Waals surface area contributed by atoms with Crippen molar-refractivity contribution >= 4 is 13.1 Å². The van der Waals surface area contributed by atoms with Crippen LogP contribution in [0, 0.1) is 11.8 Å². The molecule has 1 aliphatic rings. The molecule has 0 bridgehead atoms. The van der Waals surface area contributed by atoms with Crippen LogP contribution in [0.3, 0.4) is 0 Å². The molecular formula is C18H31BO4. The maximum absolute atomic E-state index is 11.5. The van der Waals surface area contributed by atoms with Crippen molar-refractivity contribution in [3.63, 3.8) is 0 Å². The Balaban J connectivity index is 2.62. The molecule has 4 nitrogen and oxygen atoms in total. The highest BCUT2D eigenvalue weighted by Crippen LogP contribution is 2.38. The topological polar surface area (TPSA) is 44.8 Å². The normalized spacial score (nSPS) is 22.0. The summed E-state index contributed by atoms with van der Waals surface area (Å²) in [6, 6.07) is 0. The maximum Gasteiger partial charge on any atom is 0.494 e. The maximum atomic E-state index is 11.5. The lowest BCUT2D eigenvalue weighted by atomic mass is 9.77. The highest BCUT2D eigenvalue weighted by atomic mass is 16.7. The molecular weight excluding hydrogens is 291 g/mol. The molecule has 1 unspecified atom stereocenters. The monoisotopic (exact) mass is 322 g/mol. The van der Waals surface area contributed by atoms with Gasteiger partial charge in [-0.05, 0) is 40.1 Å². The summed E-state index contributed by atoms with van der Waals surface area (Å²) >= 11 is 0. The summed E-state index contributed by atoms with van der Waals surface area (Å²) in [6.45, 7) is 16.2. The number of hydrogen-bond acceptors (Lipinski definition) is 4. The smallest absolute Gasteiger partial charge is 0.465 e. The summed E-state index contributed by atoms with van der Waals surface area (Å²) in [5.41, 5.74) is 0.279. The van der Waals surface area contributed by atoms with Gasteiger partial charge in [-0.15, -0.1) is 0 Å². The average molecular weight is 322 g/mol. The molecule has 0 aromatic rings. The Kier molecular flexibility index (Phi) is 6.66. The second-order valence-electron chi connectivity index (χ2n) is 7.50. The van der Waals surface area contributed by atoms with Crippen LogP contribution in [0.4, 0.5) is 0 Å². The van der Waals surface area contributed by atoms with E-state index in [1.54, 1.807) is 0 Å². The molecule has 1 heterocycles. The third kappa shape index (κ3) is 5.22. The Bertz CT molecular complexity index is 461. The highest BCUT2D eigenvalue weighted by molar-refractivity contribution is 6.55. The lowest BCUT2D eigenvalue weighted by Crippen LogP contribution is -2.41. The van der Waals surface area contributed by atoms with Gasteiger partial charge in [0.2, 0.25) is 0 Å². The average Bonchev–Trinajstić information content (AvgIpc) is 2.65. The Labute approximate surface area is 141 Å². The summed E-state index contributed by atoms with van der Waals surface area (Å²) in [5.74, 6) is -0.125. The van der Waals surface area contributed by atoms with Gasteiger partial charge in [0.05, 0.1) is 23.7 Å². The predicted octanol–water partition coefficient (Wildman–Crippen LogP) is 3.96. The van der Waals surface area contributed by atoms with Gasteiger partial charge in [0.1, 0.15) is 0 Å². The van der Waals surface area contributed by atoms with Crippen LogP contribution in [0.5, 0.6) is 0 Å². The number of ether oxygens (including phenoxy) is 1. The van der Waals surface area contributed by atoms with Crippen LogP contribution in [-0.2, 0) is 18.8 Å². The number of esters is 1. The van der Waals surface area contributed by atoms with Crippen LogP contribution in [0.25, 0.3) is 0 Å². The van der Waals surface area contributed by atoms with Gasteiger partial charge in [0.25, 0.3) is 0 Å². The van der Waals surface area contributed by atoms with Gasteiger partial charge in [-0.2, -0.15) is 0 Å². The van der Waals surface area contributed by atoms with Crippen molar-refractivity contribution in [3.05, 3.63) is 23.7 Å². The Morgan fingerprint density at radius 1 is 1.13 bits per heavy atom. The zero-order valence-electron chi connectivity index (χ0n) is 15.8. The van der Waals surface area contributed by atoms with Crippen LogP contribution < -0.4 is 0 Å². The molecule has 0 N–H and O–H groups in total. The van der Waals surface area contributed by atoms with E-state index in [2.05, 4.69) is 0 Å². The van der Waals surface area contributed by atoms with Crippen LogP contribution in [0.15, 0.2) is 23.7 Å². The summed E-state index contributed by atoms with van der Waals surface area (Å²) in [6.07, 6.45) is 6.01. The number of carbonyl (C=O) groups excluding carboxylic acids is 1. The van der Waals surface area contributed by atoms with Crippen LogP contribution >= 0.6 is 0 Å². The fourth-order valence-electron chi connectivity index (χ4n) is 2.00. The van der Waals surface area contributed by atoms with E-state index < -0.39 is 0 Å². The van der Waals surface area contributed by atoms with E-state index >= 15 is 0 Å². The first-order valence-corrected chi connectivity index (χ1v) is 8.37. The van der Waals surface area contributed by atoms with Crippen LogP contribution in [-0.4, -0.2) is 30.9 Å². The molecule has 0 spiro atoms. The Hall–Kier alpha value is -1.07. The van der Waals surface area contributed by atoms with Gasteiger partial charge < -0.3 is 14.0 Å². The lowest BCUT2D eigenvalue weighted by molar-refractivity contribution is -0.148. The fourth-order valence-corrected chi connectivity index (χ4v) is 2.00. The molecule has 130 valence electrons. The molecule has 23 heavy (non-hydrogen) atoms.